The topological polar surface area (TPSA) is 0 Å². The molecular weight excluding hydrogens is 1000 g/mol. The Morgan fingerprint density at radius 1 is 0.474 bits per heavy atom. The molecule has 38 heavy (non-hydrogen) atoms. The van der Waals surface area contributed by atoms with Gasteiger partial charge in [-0.1, -0.05) is 72.8 Å². The fraction of sp³-hybridized carbons (Fsp3) is 0.0333. The SMILES string of the molecule is [Au].[CH2-]C(F)(F)F.[CH2-][P+]([CH2-])(c1ccccc1)c1ccccc1.[CH2-][P+]([CH2-])(c1ccccc1)c1ccccc1.[I][Au]. The summed E-state index contributed by atoms with van der Waals surface area (Å²) in [7, 11) is -3.29. The fourth-order valence-electron chi connectivity index (χ4n) is 3.15. The van der Waals surface area contributed by atoms with Gasteiger partial charge in [-0.15, -0.1) is 0 Å². The van der Waals surface area contributed by atoms with E-state index in [4.69, 9.17) is 0 Å². The van der Waals surface area contributed by atoms with Crippen molar-refractivity contribution in [1.29, 1.82) is 0 Å². The van der Waals surface area contributed by atoms with Gasteiger partial charge in [0.15, 0.2) is 0 Å². The van der Waals surface area contributed by atoms with Crippen molar-refractivity contribution in [3.8, 4) is 0 Å². The number of hydrogen-bond donors (Lipinski definition) is 0. The third-order valence-corrected chi connectivity index (χ3v) is 10.1. The maximum atomic E-state index is 10.2. The van der Waals surface area contributed by atoms with Crippen LogP contribution in [-0.2, 0) is 39.6 Å². The second-order valence-corrected chi connectivity index (χ2v) is 13.8. The fourth-order valence-corrected chi connectivity index (χ4v) is 6.72. The van der Waals surface area contributed by atoms with Gasteiger partial charge in [-0.2, -0.15) is 41.2 Å². The molecule has 4 aromatic rings. The van der Waals surface area contributed by atoms with Gasteiger partial charge in [-0.25, -0.2) is 20.1 Å². The Kier molecular flexibility index (Phi) is 18.8. The molecule has 0 aliphatic rings. The van der Waals surface area contributed by atoms with Gasteiger partial charge in [0.05, 0.1) is 0 Å². The van der Waals surface area contributed by atoms with Crippen LogP contribution in [0.15, 0.2) is 121 Å². The van der Waals surface area contributed by atoms with E-state index in [2.05, 4.69) is 111 Å². The molecule has 0 fully saturated rings. The molecule has 0 saturated carbocycles. The Morgan fingerprint density at radius 3 is 0.737 bits per heavy atom. The van der Waals surface area contributed by atoms with Gasteiger partial charge in [0.2, 0.25) is 0 Å². The van der Waals surface area contributed by atoms with Gasteiger partial charge in [0, 0.05) is 43.6 Å². The molecule has 0 N–H and O–H groups in total. The molecule has 1 radical (unpaired) electrons. The van der Waals surface area contributed by atoms with Crippen molar-refractivity contribution in [3.63, 3.8) is 0 Å². The van der Waals surface area contributed by atoms with Crippen LogP contribution in [0.4, 0.5) is 13.2 Å². The number of alkyl halides is 3. The Morgan fingerprint density at radius 2 is 0.605 bits per heavy atom. The van der Waals surface area contributed by atoms with Gasteiger partial charge in [-0.05, 0) is 48.5 Å². The van der Waals surface area contributed by atoms with Crippen molar-refractivity contribution in [2.75, 3.05) is 0 Å². The molecule has 0 amide bonds. The number of rotatable bonds is 4. The van der Waals surface area contributed by atoms with Gasteiger partial charge in [-0.3, -0.25) is 0 Å². The third-order valence-electron chi connectivity index (χ3n) is 5.00. The maximum absolute atomic E-state index is 10.2. The molecule has 0 heterocycles. The molecule has 8 heteroatoms. The zero-order valence-electron chi connectivity index (χ0n) is 20.6. The average Bonchev–Trinajstić information content (AvgIpc) is 2.91. The summed E-state index contributed by atoms with van der Waals surface area (Å²) < 4.78 is 30.7. The van der Waals surface area contributed by atoms with E-state index in [9.17, 15) is 13.2 Å². The molecule has 0 aliphatic carbocycles. The average molecular weight is 1030 g/mol. The van der Waals surface area contributed by atoms with E-state index in [-0.39, 0.29) is 22.4 Å². The summed E-state index contributed by atoms with van der Waals surface area (Å²) in [5, 5.41) is 4.99. The van der Waals surface area contributed by atoms with Crippen molar-refractivity contribution >= 4 is 54.8 Å². The summed E-state index contributed by atoms with van der Waals surface area (Å²) >= 11 is 4.34. The van der Waals surface area contributed by atoms with Crippen molar-refractivity contribution in [2.45, 2.75) is 6.18 Å². The van der Waals surface area contributed by atoms with E-state index < -0.39 is 20.7 Å². The monoisotopic (exact) mass is 1030 g/mol. The second-order valence-electron chi connectivity index (χ2n) is 7.89. The number of benzene rings is 4. The molecule has 4 aromatic carbocycles. The summed E-state index contributed by atoms with van der Waals surface area (Å²) in [5.74, 6) is 0. The quantitative estimate of drug-likeness (QED) is 0.0832. The number of halogens is 4. The van der Waals surface area contributed by atoms with Crippen LogP contribution in [0.2, 0.25) is 0 Å². The molecule has 0 atom stereocenters. The van der Waals surface area contributed by atoms with E-state index in [1.54, 1.807) is 6.92 Å². The third kappa shape index (κ3) is 13.9. The zero-order valence-corrected chi connectivity index (χ0v) is 28.9. The zero-order chi connectivity index (χ0) is 28.0. The molecule has 0 saturated heterocycles. The normalized spacial score (nSPS) is 10.7. The molecule has 0 unspecified atom stereocenters. The molecule has 4 rings (SSSR count). The predicted octanol–water partition coefficient (Wildman–Crippen LogP) is 8.74. The first-order valence-electron chi connectivity index (χ1n) is 10.8. The molecule has 0 nitrogen and oxygen atoms in total. The first-order chi connectivity index (χ1) is 17.4. The van der Waals surface area contributed by atoms with Crippen LogP contribution >= 0.6 is 33.5 Å². The minimum absolute atomic E-state index is 0. The Balaban J connectivity index is 0.000000570. The first kappa shape index (κ1) is 37.7. The summed E-state index contributed by atoms with van der Waals surface area (Å²) in [5.41, 5.74) is 0. The van der Waals surface area contributed by atoms with Crippen molar-refractivity contribution in [3.05, 3.63) is 155 Å². The molecule has 0 bridgehead atoms. The van der Waals surface area contributed by atoms with Crippen LogP contribution in [0.1, 0.15) is 0 Å². The van der Waals surface area contributed by atoms with E-state index in [1.807, 2.05) is 72.8 Å². The van der Waals surface area contributed by atoms with Crippen molar-refractivity contribution < 1.29 is 52.8 Å². The van der Waals surface area contributed by atoms with E-state index in [0.717, 1.165) is 0 Å². The van der Waals surface area contributed by atoms with Crippen LogP contribution in [0.5, 0.6) is 0 Å². The molecule has 0 aliphatic heterocycles. The molecular formula is C30H30Au2F3IP2-3. The summed E-state index contributed by atoms with van der Waals surface area (Å²) in [6, 6.07) is 41.3. The predicted molar refractivity (Wildman–Crippen MR) is 165 cm³/mol. The van der Waals surface area contributed by atoms with E-state index in [0.29, 0.717) is 0 Å². The second kappa shape index (κ2) is 19.0. The Labute approximate surface area is 266 Å². The molecule has 0 aromatic heterocycles. The number of hydrogen-bond acceptors (Lipinski definition) is 0. The van der Waals surface area contributed by atoms with E-state index in [1.165, 1.54) is 21.2 Å². The Bertz CT molecular complexity index is 952. The van der Waals surface area contributed by atoms with Crippen LogP contribution in [-0.4, -0.2) is 6.18 Å². The van der Waals surface area contributed by atoms with Crippen LogP contribution in [0, 0.1) is 33.6 Å². The van der Waals surface area contributed by atoms with Gasteiger partial charge in [0.25, 0.3) is 6.18 Å². The molecule has 0 spiro atoms. The standard InChI is InChI=1S/2C14H14P.C2H2F3.2Au.HI/c2*1-15(2,13-9-5-3-6-10-13)14-11-7-4-8-12-14;1-2(3,4)5;;;/h2*3-12H,1-2H2;1H2;;;1H/q3*-1;;+1;/p-1. The van der Waals surface area contributed by atoms with Crippen LogP contribution in [0.3, 0.4) is 0 Å². The van der Waals surface area contributed by atoms with Crippen LogP contribution in [0.25, 0.3) is 0 Å². The van der Waals surface area contributed by atoms with Crippen LogP contribution < -0.4 is 21.2 Å². The van der Waals surface area contributed by atoms with Gasteiger partial charge in [0.1, 0.15) is 0 Å². The Hall–Kier alpha value is -0.259. The van der Waals surface area contributed by atoms with Gasteiger partial charge < -0.3 is 0 Å². The summed E-state index contributed by atoms with van der Waals surface area (Å²) in [6.45, 7) is 19.0. The summed E-state index contributed by atoms with van der Waals surface area (Å²) in [6.07, 6.45) is -4.25. The van der Waals surface area contributed by atoms with Gasteiger partial charge >= 0.3 is 36.3 Å². The molecule has 213 valence electrons. The van der Waals surface area contributed by atoms with Crippen molar-refractivity contribution in [1.82, 2.24) is 0 Å². The summed E-state index contributed by atoms with van der Waals surface area (Å²) in [4.78, 5) is 0. The van der Waals surface area contributed by atoms with E-state index >= 15 is 0 Å². The first-order valence-corrected chi connectivity index (χ1v) is 21.3. The van der Waals surface area contributed by atoms with Crippen molar-refractivity contribution in [2.24, 2.45) is 0 Å². The minimum atomic E-state index is -4.25.